The summed E-state index contributed by atoms with van der Waals surface area (Å²) in [6, 6.07) is 5.68. The Labute approximate surface area is 145 Å². The Morgan fingerprint density at radius 2 is 1.88 bits per heavy atom. The molecule has 26 heavy (non-hydrogen) atoms. The Hall–Kier alpha value is -2.91. The third-order valence-electron chi connectivity index (χ3n) is 4.28. The molecule has 0 aliphatic carbocycles. The van der Waals surface area contributed by atoms with Gasteiger partial charge in [0.1, 0.15) is 0 Å². The summed E-state index contributed by atoms with van der Waals surface area (Å²) in [5, 5.41) is 12.4. The first-order chi connectivity index (χ1) is 12.2. The number of aliphatic carboxylic acids is 1. The number of nitrogens with zero attached hydrogens (tertiary/aromatic N) is 3. The molecule has 0 saturated carbocycles. The van der Waals surface area contributed by atoms with Crippen molar-refractivity contribution in [3.63, 3.8) is 0 Å². The first-order valence-corrected chi connectivity index (χ1v) is 7.70. The maximum atomic E-state index is 12.5. The fraction of sp³-hybridized carbons (Fsp3) is 0.375. The number of likely N-dealkylation sites (tertiary alicyclic amines) is 1. The average Bonchev–Trinajstić information content (AvgIpc) is 3.21. The molecule has 1 aliphatic rings. The summed E-state index contributed by atoms with van der Waals surface area (Å²) in [6.45, 7) is 2.22. The molecule has 1 aromatic heterocycles. The standard InChI is InChI=1S/C16H14F3N3O4/c1-8-6-22(7-11(8)14(24)25)13(23)10-4-2-9(3-5-10)12-20-15(26-21-12)16(17,18)19/h2-5,8,11H,6-7H2,1H3,(H,24,25)/t8-,11-/m1/s1. The van der Waals surface area contributed by atoms with E-state index in [0.29, 0.717) is 12.1 Å². The monoisotopic (exact) mass is 369 g/mol. The Morgan fingerprint density at radius 1 is 1.23 bits per heavy atom. The van der Waals surface area contributed by atoms with Crippen molar-refractivity contribution in [2.45, 2.75) is 13.1 Å². The first kappa shape index (κ1) is 17.9. The van der Waals surface area contributed by atoms with Gasteiger partial charge in [0.15, 0.2) is 0 Å². The van der Waals surface area contributed by atoms with Gasteiger partial charge in [-0.15, -0.1) is 0 Å². The Balaban J connectivity index is 1.75. The zero-order chi connectivity index (χ0) is 19.1. The Morgan fingerprint density at radius 3 is 2.38 bits per heavy atom. The number of benzene rings is 1. The summed E-state index contributed by atoms with van der Waals surface area (Å²) in [6.07, 6.45) is -4.73. The van der Waals surface area contributed by atoms with Gasteiger partial charge in [0.25, 0.3) is 5.91 Å². The minimum atomic E-state index is -4.73. The summed E-state index contributed by atoms with van der Waals surface area (Å²) < 4.78 is 41.6. The third kappa shape index (κ3) is 3.39. The maximum absolute atomic E-state index is 12.5. The number of carboxylic acid groups (broad SMARTS) is 1. The van der Waals surface area contributed by atoms with Gasteiger partial charge < -0.3 is 14.5 Å². The second-order valence-corrected chi connectivity index (χ2v) is 6.13. The van der Waals surface area contributed by atoms with E-state index in [9.17, 15) is 22.8 Å². The van der Waals surface area contributed by atoms with E-state index in [4.69, 9.17) is 5.11 Å². The van der Waals surface area contributed by atoms with Crippen LogP contribution in [0.5, 0.6) is 0 Å². The van der Waals surface area contributed by atoms with Crippen LogP contribution < -0.4 is 0 Å². The van der Waals surface area contributed by atoms with E-state index in [1.165, 1.54) is 29.2 Å². The minimum absolute atomic E-state index is 0.122. The van der Waals surface area contributed by atoms with Crippen molar-refractivity contribution in [1.29, 1.82) is 0 Å². The van der Waals surface area contributed by atoms with Crippen molar-refractivity contribution in [3.05, 3.63) is 35.7 Å². The normalized spacial score (nSPS) is 20.4. The van der Waals surface area contributed by atoms with E-state index in [1.807, 2.05) is 0 Å². The topological polar surface area (TPSA) is 96.5 Å². The predicted octanol–water partition coefficient (Wildman–Crippen LogP) is 2.55. The molecule has 0 unspecified atom stereocenters. The van der Waals surface area contributed by atoms with E-state index < -0.39 is 24.0 Å². The average molecular weight is 369 g/mol. The van der Waals surface area contributed by atoms with Crippen molar-refractivity contribution >= 4 is 11.9 Å². The van der Waals surface area contributed by atoms with Crippen LogP contribution in [0.3, 0.4) is 0 Å². The number of hydrogen-bond donors (Lipinski definition) is 1. The zero-order valence-corrected chi connectivity index (χ0v) is 13.5. The van der Waals surface area contributed by atoms with Gasteiger partial charge in [-0.3, -0.25) is 9.59 Å². The van der Waals surface area contributed by atoms with Crippen LogP contribution in [0.4, 0.5) is 13.2 Å². The summed E-state index contributed by atoms with van der Waals surface area (Å²) >= 11 is 0. The lowest BCUT2D eigenvalue weighted by Gasteiger charge is -2.16. The van der Waals surface area contributed by atoms with Crippen LogP contribution in [0.1, 0.15) is 23.2 Å². The number of carbonyl (C=O) groups is 2. The Kier molecular flexibility index (Phi) is 4.43. The predicted molar refractivity (Wildman–Crippen MR) is 80.9 cm³/mol. The lowest BCUT2D eigenvalue weighted by atomic mass is 9.99. The SMILES string of the molecule is C[C@@H]1CN(C(=O)c2ccc(-c3noc(C(F)(F)F)n3)cc2)C[C@H]1C(=O)O. The molecule has 2 aromatic rings. The molecule has 10 heteroatoms. The fourth-order valence-electron chi connectivity index (χ4n) is 2.85. The van der Waals surface area contributed by atoms with Crippen molar-refractivity contribution in [2.75, 3.05) is 13.1 Å². The molecule has 138 valence electrons. The van der Waals surface area contributed by atoms with Crippen LogP contribution in [-0.2, 0) is 11.0 Å². The lowest BCUT2D eigenvalue weighted by Crippen LogP contribution is -2.29. The molecule has 2 atom stereocenters. The van der Waals surface area contributed by atoms with Crippen LogP contribution in [0.15, 0.2) is 28.8 Å². The van der Waals surface area contributed by atoms with Crippen LogP contribution >= 0.6 is 0 Å². The number of alkyl halides is 3. The minimum Gasteiger partial charge on any atom is -0.481 e. The van der Waals surface area contributed by atoms with Gasteiger partial charge in [0.05, 0.1) is 5.92 Å². The number of carbonyl (C=O) groups excluding carboxylic acids is 1. The number of rotatable bonds is 3. The van der Waals surface area contributed by atoms with E-state index in [0.717, 1.165) is 0 Å². The molecule has 1 amide bonds. The van der Waals surface area contributed by atoms with E-state index in [-0.39, 0.29) is 29.8 Å². The molecule has 1 saturated heterocycles. The smallest absolute Gasteiger partial charge is 0.471 e. The molecule has 1 fully saturated rings. The van der Waals surface area contributed by atoms with Gasteiger partial charge >= 0.3 is 18.0 Å². The zero-order valence-electron chi connectivity index (χ0n) is 13.5. The largest absolute Gasteiger partial charge is 0.481 e. The molecule has 1 aromatic carbocycles. The number of hydrogen-bond acceptors (Lipinski definition) is 5. The van der Waals surface area contributed by atoms with Crippen LogP contribution in [0, 0.1) is 11.8 Å². The van der Waals surface area contributed by atoms with Crippen LogP contribution in [0.25, 0.3) is 11.4 Å². The molecular weight excluding hydrogens is 355 g/mol. The number of aromatic nitrogens is 2. The second-order valence-electron chi connectivity index (χ2n) is 6.13. The van der Waals surface area contributed by atoms with Crippen molar-refractivity contribution in [2.24, 2.45) is 11.8 Å². The molecule has 3 rings (SSSR count). The molecule has 1 aliphatic heterocycles. The van der Waals surface area contributed by atoms with E-state index in [1.54, 1.807) is 6.92 Å². The van der Waals surface area contributed by atoms with Crippen LogP contribution in [-0.4, -0.2) is 45.1 Å². The summed E-state index contributed by atoms with van der Waals surface area (Å²) in [5.41, 5.74) is 0.561. The fourth-order valence-corrected chi connectivity index (χ4v) is 2.85. The number of amides is 1. The van der Waals surface area contributed by atoms with Gasteiger partial charge in [0.2, 0.25) is 5.82 Å². The second kappa shape index (κ2) is 6.43. The van der Waals surface area contributed by atoms with Crippen molar-refractivity contribution in [3.8, 4) is 11.4 Å². The van der Waals surface area contributed by atoms with Gasteiger partial charge in [-0.2, -0.15) is 18.2 Å². The van der Waals surface area contributed by atoms with E-state index >= 15 is 0 Å². The molecule has 7 nitrogen and oxygen atoms in total. The maximum Gasteiger partial charge on any atom is 0.471 e. The number of carboxylic acids is 1. The molecule has 0 spiro atoms. The molecule has 0 radical (unpaired) electrons. The van der Waals surface area contributed by atoms with Gasteiger partial charge in [0, 0.05) is 24.2 Å². The molecule has 1 N–H and O–H groups in total. The van der Waals surface area contributed by atoms with Gasteiger partial charge in [-0.25, -0.2) is 0 Å². The van der Waals surface area contributed by atoms with Gasteiger partial charge in [-0.1, -0.05) is 24.2 Å². The third-order valence-corrected chi connectivity index (χ3v) is 4.28. The first-order valence-electron chi connectivity index (χ1n) is 7.70. The Bertz CT molecular complexity index is 832. The highest BCUT2D eigenvalue weighted by atomic mass is 19.4. The lowest BCUT2D eigenvalue weighted by molar-refractivity contribution is -0.159. The van der Waals surface area contributed by atoms with Crippen molar-refractivity contribution < 1.29 is 32.4 Å². The molecule has 0 bridgehead atoms. The van der Waals surface area contributed by atoms with Crippen molar-refractivity contribution in [1.82, 2.24) is 15.0 Å². The highest BCUT2D eigenvalue weighted by Crippen LogP contribution is 2.30. The quantitative estimate of drug-likeness (QED) is 0.893. The summed E-state index contributed by atoms with van der Waals surface area (Å²) in [5.74, 6) is -3.73. The highest BCUT2D eigenvalue weighted by molar-refractivity contribution is 5.95. The van der Waals surface area contributed by atoms with E-state index in [2.05, 4.69) is 14.7 Å². The molecular formula is C16H14F3N3O4. The summed E-state index contributed by atoms with van der Waals surface area (Å²) in [7, 11) is 0. The summed E-state index contributed by atoms with van der Waals surface area (Å²) in [4.78, 5) is 28.4. The van der Waals surface area contributed by atoms with Crippen LogP contribution in [0.2, 0.25) is 0 Å². The molecule has 2 heterocycles. The number of halogens is 3. The highest BCUT2D eigenvalue weighted by Gasteiger charge is 2.39. The van der Waals surface area contributed by atoms with Gasteiger partial charge in [-0.05, 0) is 18.1 Å².